The second-order valence-electron chi connectivity index (χ2n) is 5.35. The van der Waals surface area contributed by atoms with Crippen molar-refractivity contribution in [3.8, 4) is 0 Å². The van der Waals surface area contributed by atoms with Crippen LogP contribution in [0.1, 0.15) is 72.1 Å². The van der Waals surface area contributed by atoms with Gasteiger partial charge in [-0.3, -0.25) is 0 Å². The van der Waals surface area contributed by atoms with Gasteiger partial charge in [-0.1, -0.05) is 58.3 Å². The lowest BCUT2D eigenvalue weighted by Gasteiger charge is -2.28. The molecule has 0 bridgehead atoms. The summed E-state index contributed by atoms with van der Waals surface area (Å²) in [6, 6.07) is 0.767. The summed E-state index contributed by atoms with van der Waals surface area (Å²) in [6.45, 7) is 11.0. The first-order chi connectivity index (χ1) is 8.15. The Kier molecular flexibility index (Phi) is 10.7. The Bertz CT molecular complexity index is 183. The average molecular weight is 237 g/mol. The summed E-state index contributed by atoms with van der Waals surface area (Å²) >= 11 is 0. The summed E-state index contributed by atoms with van der Waals surface area (Å²) in [6.07, 6.45) is 10.5. The van der Waals surface area contributed by atoms with Crippen LogP contribution in [0.15, 0.2) is 12.1 Å². The lowest BCUT2D eigenvalue weighted by Crippen LogP contribution is -2.35. The van der Waals surface area contributed by atoms with Crippen molar-refractivity contribution in [3.63, 3.8) is 0 Å². The fourth-order valence-electron chi connectivity index (χ4n) is 2.38. The molecule has 17 heavy (non-hydrogen) atoms. The van der Waals surface area contributed by atoms with E-state index in [2.05, 4.69) is 39.2 Å². The van der Waals surface area contributed by atoms with Crippen LogP contribution in [0.5, 0.6) is 0 Å². The molecule has 0 aromatic carbocycles. The van der Waals surface area contributed by atoms with E-state index in [9.17, 15) is 0 Å². The summed E-state index contributed by atoms with van der Waals surface area (Å²) in [5.41, 5.74) is 1.40. The predicted octanol–water partition coefficient (Wildman–Crippen LogP) is 4.33. The highest BCUT2D eigenvalue weighted by atomic mass is 15.0. The number of rotatable bonds is 11. The van der Waals surface area contributed by atoms with E-state index >= 15 is 0 Å². The van der Waals surface area contributed by atoms with Crippen LogP contribution in [0.2, 0.25) is 0 Å². The Labute approximate surface area is 110 Å². The summed E-state index contributed by atoms with van der Waals surface area (Å²) < 4.78 is 0. The number of allylic oxidation sites excluding steroid dienone is 1. The van der Waals surface area contributed by atoms with Crippen LogP contribution in [0, 0.1) is 0 Å². The minimum Gasteiger partial charge on any atom is -0.341 e. The quantitative estimate of drug-likeness (QED) is 0.483. The van der Waals surface area contributed by atoms with Crippen molar-refractivity contribution in [1.29, 1.82) is 0 Å². The van der Waals surface area contributed by atoms with Crippen molar-refractivity contribution in [2.75, 3.05) is 7.05 Å². The van der Waals surface area contributed by atoms with E-state index in [1.807, 2.05) is 0 Å². The van der Waals surface area contributed by atoms with Gasteiger partial charge in [0, 0.05) is 0 Å². The van der Waals surface area contributed by atoms with Gasteiger partial charge in [-0.15, -0.1) is 6.58 Å². The molecular formula is C15H32BN. The van der Waals surface area contributed by atoms with Gasteiger partial charge < -0.3 is 4.81 Å². The van der Waals surface area contributed by atoms with Gasteiger partial charge in [-0.25, -0.2) is 0 Å². The SMILES string of the molecule is C=C(BN(C)C(CCCC)CCCC)CCC. The van der Waals surface area contributed by atoms with Crippen LogP contribution in [0.3, 0.4) is 0 Å². The van der Waals surface area contributed by atoms with E-state index in [0.29, 0.717) is 0 Å². The molecule has 0 aromatic heterocycles. The zero-order valence-corrected chi connectivity index (χ0v) is 12.6. The maximum atomic E-state index is 4.19. The molecule has 0 aliphatic rings. The van der Waals surface area contributed by atoms with Gasteiger partial charge in [-0.2, -0.15) is 0 Å². The molecular weight excluding hydrogens is 205 g/mol. The van der Waals surface area contributed by atoms with E-state index in [1.165, 1.54) is 56.8 Å². The molecule has 0 fully saturated rings. The zero-order chi connectivity index (χ0) is 13.1. The van der Waals surface area contributed by atoms with Crippen LogP contribution < -0.4 is 0 Å². The summed E-state index contributed by atoms with van der Waals surface area (Å²) in [7, 11) is 3.36. The topological polar surface area (TPSA) is 3.24 Å². The molecule has 0 amide bonds. The highest BCUT2D eigenvalue weighted by Gasteiger charge is 2.15. The smallest absolute Gasteiger partial charge is 0.233 e. The molecule has 0 radical (unpaired) electrons. The molecule has 0 aliphatic heterocycles. The minimum absolute atomic E-state index is 0.767. The van der Waals surface area contributed by atoms with E-state index < -0.39 is 0 Å². The summed E-state index contributed by atoms with van der Waals surface area (Å²) in [5.74, 6) is 0. The molecule has 100 valence electrons. The number of hydrogen-bond acceptors (Lipinski definition) is 1. The van der Waals surface area contributed by atoms with Crippen LogP contribution in [0.4, 0.5) is 0 Å². The van der Waals surface area contributed by atoms with Gasteiger partial charge in [-0.05, 0) is 32.4 Å². The van der Waals surface area contributed by atoms with Gasteiger partial charge >= 0.3 is 0 Å². The third-order valence-corrected chi connectivity index (χ3v) is 3.48. The molecule has 1 nitrogen and oxygen atoms in total. The summed E-state index contributed by atoms with van der Waals surface area (Å²) in [5, 5.41) is 0. The third kappa shape index (κ3) is 8.48. The average Bonchev–Trinajstić information content (AvgIpc) is 2.29. The Balaban J connectivity index is 4.09. The van der Waals surface area contributed by atoms with E-state index in [1.54, 1.807) is 0 Å². The normalized spacial score (nSPS) is 11.2. The van der Waals surface area contributed by atoms with Crippen molar-refractivity contribution in [2.45, 2.75) is 78.2 Å². The highest BCUT2D eigenvalue weighted by Crippen LogP contribution is 2.15. The van der Waals surface area contributed by atoms with Crippen molar-refractivity contribution in [2.24, 2.45) is 0 Å². The van der Waals surface area contributed by atoms with Crippen molar-refractivity contribution >= 4 is 7.41 Å². The first-order valence-electron chi connectivity index (χ1n) is 7.52. The molecule has 0 saturated heterocycles. The maximum absolute atomic E-state index is 4.19. The second kappa shape index (κ2) is 10.9. The van der Waals surface area contributed by atoms with Gasteiger partial charge in [0.1, 0.15) is 0 Å². The van der Waals surface area contributed by atoms with E-state index in [4.69, 9.17) is 0 Å². The standard InChI is InChI=1S/C15H32BN/c1-6-9-12-15(13-10-7-2)17(5)16-14(4)11-8-3/h15-16H,4,6-13H2,1-3,5H3. The van der Waals surface area contributed by atoms with Crippen LogP contribution in [0.25, 0.3) is 0 Å². The van der Waals surface area contributed by atoms with E-state index in [-0.39, 0.29) is 0 Å². The lowest BCUT2D eigenvalue weighted by molar-refractivity contribution is 0.328. The van der Waals surface area contributed by atoms with Crippen LogP contribution >= 0.6 is 0 Å². The lowest BCUT2D eigenvalue weighted by atomic mass is 9.76. The van der Waals surface area contributed by atoms with Crippen LogP contribution in [-0.4, -0.2) is 25.3 Å². The van der Waals surface area contributed by atoms with Gasteiger partial charge in [0.2, 0.25) is 7.41 Å². The molecule has 0 saturated carbocycles. The molecule has 0 rings (SSSR count). The fraction of sp³-hybridized carbons (Fsp3) is 0.867. The number of nitrogens with zero attached hydrogens (tertiary/aromatic N) is 1. The molecule has 0 unspecified atom stereocenters. The van der Waals surface area contributed by atoms with Crippen molar-refractivity contribution < 1.29 is 0 Å². The molecule has 0 aromatic rings. The Morgan fingerprint density at radius 3 is 2.00 bits per heavy atom. The molecule has 2 heteroatoms. The second-order valence-corrected chi connectivity index (χ2v) is 5.35. The predicted molar refractivity (Wildman–Crippen MR) is 81.8 cm³/mol. The molecule has 0 heterocycles. The first kappa shape index (κ1) is 16.8. The Hall–Kier alpha value is -0.235. The summed E-state index contributed by atoms with van der Waals surface area (Å²) in [4.78, 5) is 2.53. The Morgan fingerprint density at radius 2 is 1.59 bits per heavy atom. The minimum atomic E-state index is 0.767. The third-order valence-electron chi connectivity index (χ3n) is 3.48. The Morgan fingerprint density at radius 1 is 1.06 bits per heavy atom. The fourth-order valence-corrected chi connectivity index (χ4v) is 2.38. The van der Waals surface area contributed by atoms with Gasteiger partial charge in [0.05, 0.1) is 0 Å². The van der Waals surface area contributed by atoms with E-state index in [0.717, 1.165) is 13.5 Å². The van der Waals surface area contributed by atoms with Crippen molar-refractivity contribution in [1.82, 2.24) is 4.81 Å². The number of unbranched alkanes of at least 4 members (excludes halogenated alkanes) is 2. The maximum Gasteiger partial charge on any atom is 0.233 e. The number of hydrogen-bond donors (Lipinski definition) is 0. The monoisotopic (exact) mass is 237 g/mol. The molecule has 0 N–H and O–H groups in total. The van der Waals surface area contributed by atoms with Gasteiger partial charge in [0.25, 0.3) is 0 Å². The first-order valence-corrected chi connectivity index (χ1v) is 7.52. The largest absolute Gasteiger partial charge is 0.341 e. The van der Waals surface area contributed by atoms with Gasteiger partial charge in [0.15, 0.2) is 0 Å². The molecule has 0 spiro atoms. The van der Waals surface area contributed by atoms with Crippen LogP contribution in [-0.2, 0) is 0 Å². The van der Waals surface area contributed by atoms with Crippen molar-refractivity contribution in [3.05, 3.63) is 12.1 Å². The zero-order valence-electron chi connectivity index (χ0n) is 12.6. The highest BCUT2D eigenvalue weighted by molar-refractivity contribution is 6.41. The molecule has 0 atom stereocenters. The molecule has 0 aliphatic carbocycles.